The van der Waals surface area contributed by atoms with Crippen molar-refractivity contribution in [1.82, 2.24) is 19.9 Å². The normalized spacial score (nSPS) is 21.2. The molecule has 23 heavy (non-hydrogen) atoms. The van der Waals surface area contributed by atoms with E-state index in [1.165, 1.54) is 0 Å². The van der Waals surface area contributed by atoms with Crippen LogP contribution >= 0.6 is 0 Å². The van der Waals surface area contributed by atoms with Gasteiger partial charge >= 0.3 is 0 Å². The summed E-state index contributed by atoms with van der Waals surface area (Å²) in [4.78, 5) is 2.16. The summed E-state index contributed by atoms with van der Waals surface area (Å²) in [6.45, 7) is 3.03. The molecule has 7 heteroatoms. The number of aromatic nitrogens is 3. The van der Waals surface area contributed by atoms with Crippen molar-refractivity contribution < 1.29 is 9.84 Å². The number of likely N-dealkylation sites (tertiary alicyclic amines) is 1. The van der Waals surface area contributed by atoms with Crippen LogP contribution in [0.2, 0.25) is 0 Å². The lowest BCUT2D eigenvalue weighted by atomic mass is 10.0. The van der Waals surface area contributed by atoms with Gasteiger partial charge in [-0.3, -0.25) is 4.90 Å². The number of nitriles is 1. The summed E-state index contributed by atoms with van der Waals surface area (Å²) in [5, 5.41) is 27.3. The first kappa shape index (κ1) is 15.5. The van der Waals surface area contributed by atoms with Crippen molar-refractivity contribution in [2.24, 2.45) is 0 Å². The Balaban J connectivity index is 1.48. The van der Waals surface area contributed by atoms with E-state index in [1.54, 1.807) is 29.2 Å². The van der Waals surface area contributed by atoms with Crippen molar-refractivity contribution in [3.8, 4) is 11.8 Å². The number of benzene rings is 1. The first-order valence-electron chi connectivity index (χ1n) is 7.59. The van der Waals surface area contributed by atoms with E-state index in [2.05, 4.69) is 21.3 Å². The molecular weight excluding hydrogens is 294 g/mol. The van der Waals surface area contributed by atoms with Gasteiger partial charge in [-0.1, -0.05) is 17.3 Å². The summed E-state index contributed by atoms with van der Waals surface area (Å²) in [5.74, 6) is 0.604. The molecular formula is C16H19N5O2. The van der Waals surface area contributed by atoms with E-state index in [0.717, 1.165) is 6.54 Å². The number of ether oxygens (including phenoxy) is 1. The molecule has 2 heterocycles. The van der Waals surface area contributed by atoms with Gasteiger partial charge < -0.3 is 9.84 Å². The number of nitrogens with zero attached hydrogens (tertiary/aromatic N) is 5. The zero-order valence-electron chi connectivity index (χ0n) is 12.8. The van der Waals surface area contributed by atoms with Crippen LogP contribution in [0.1, 0.15) is 12.0 Å². The average Bonchev–Trinajstić information content (AvgIpc) is 3.18. The largest absolute Gasteiger partial charge is 0.491 e. The molecule has 1 atom stereocenters. The zero-order valence-corrected chi connectivity index (χ0v) is 12.8. The average molecular weight is 313 g/mol. The first-order chi connectivity index (χ1) is 11.2. The molecule has 0 amide bonds. The van der Waals surface area contributed by atoms with Crippen molar-refractivity contribution in [1.29, 1.82) is 5.26 Å². The second-order valence-corrected chi connectivity index (χ2v) is 5.81. The lowest BCUT2D eigenvalue weighted by Crippen LogP contribution is -2.38. The Bertz CT molecular complexity index is 682. The fraction of sp³-hybridized carbons (Fsp3) is 0.438. The van der Waals surface area contributed by atoms with Gasteiger partial charge in [-0.2, -0.15) is 5.26 Å². The third-order valence-corrected chi connectivity index (χ3v) is 4.01. The molecule has 1 aromatic carbocycles. The number of β-amino-alcohol motifs (C(OH)–C–C–N with tert-alkyl or cyclic N) is 1. The van der Waals surface area contributed by atoms with Crippen LogP contribution in [0.3, 0.4) is 0 Å². The fourth-order valence-electron chi connectivity index (χ4n) is 2.85. The van der Waals surface area contributed by atoms with Gasteiger partial charge in [0.25, 0.3) is 0 Å². The lowest BCUT2D eigenvalue weighted by molar-refractivity contribution is 0.0271. The zero-order chi connectivity index (χ0) is 16.1. The molecule has 1 fully saturated rings. The number of para-hydroxylation sites is 1. The van der Waals surface area contributed by atoms with Crippen molar-refractivity contribution in [2.45, 2.75) is 18.6 Å². The van der Waals surface area contributed by atoms with E-state index < -0.39 is 5.60 Å². The minimum Gasteiger partial charge on any atom is -0.491 e. The van der Waals surface area contributed by atoms with Gasteiger partial charge in [-0.25, -0.2) is 4.68 Å². The molecule has 1 N–H and O–H groups in total. The van der Waals surface area contributed by atoms with Gasteiger partial charge in [-0.05, 0) is 18.6 Å². The van der Waals surface area contributed by atoms with Crippen LogP contribution in [0.5, 0.6) is 5.75 Å². The second kappa shape index (κ2) is 6.77. The Morgan fingerprint density at radius 2 is 2.26 bits per heavy atom. The molecule has 1 unspecified atom stereocenters. The summed E-state index contributed by atoms with van der Waals surface area (Å²) in [5.41, 5.74) is -0.241. The standard InChI is InChI=1S/C16H19N5O2/c17-11-14-3-1-2-4-15(14)23-10-9-20-7-5-16(22,12-20)13-21-8-6-18-19-21/h1-4,6,8,22H,5,7,9-10,12-13H2. The first-order valence-corrected chi connectivity index (χ1v) is 7.59. The Morgan fingerprint density at radius 3 is 3.04 bits per heavy atom. The van der Waals surface area contributed by atoms with E-state index >= 15 is 0 Å². The third kappa shape index (κ3) is 3.86. The maximum atomic E-state index is 10.6. The summed E-state index contributed by atoms with van der Waals surface area (Å²) < 4.78 is 7.35. The van der Waals surface area contributed by atoms with E-state index in [-0.39, 0.29) is 0 Å². The van der Waals surface area contributed by atoms with Crippen molar-refractivity contribution in [2.75, 3.05) is 26.2 Å². The van der Waals surface area contributed by atoms with Crippen molar-refractivity contribution in [3.05, 3.63) is 42.2 Å². The minimum atomic E-state index is -0.780. The van der Waals surface area contributed by atoms with Crippen LogP contribution in [0.25, 0.3) is 0 Å². The molecule has 2 aromatic rings. The van der Waals surface area contributed by atoms with Gasteiger partial charge in [0.2, 0.25) is 0 Å². The van der Waals surface area contributed by atoms with Crippen LogP contribution in [0, 0.1) is 11.3 Å². The maximum Gasteiger partial charge on any atom is 0.137 e. The molecule has 1 aliphatic rings. The van der Waals surface area contributed by atoms with Crippen molar-refractivity contribution in [3.63, 3.8) is 0 Å². The Hall–Kier alpha value is -2.43. The molecule has 0 aliphatic carbocycles. The Morgan fingerprint density at radius 1 is 1.39 bits per heavy atom. The van der Waals surface area contributed by atoms with E-state index in [1.807, 2.05) is 12.1 Å². The second-order valence-electron chi connectivity index (χ2n) is 5.81. The molecule has 0 spiro atoms. The molecule has 1 saturated heterocycles. The number of hydrogen-bond donors (Lipinski definition) is 1. The molecule has 7 nitrogen and oxygen atoms in total. The van der Waals surface area contributed by atoms with Gasteiger partial charge in [0.1, 0.15) is 18.4 Å². The molecule has 0 bridgehead atoms. The van der Waals surface area contributed by atoms with Crippen LogP contribution < -0.4 is 4.74 Å². The number of hydrogen-bond acceptors (Lipinski definition) is 6. The van der Waals surface area contributed by atoms with Gasteiger partial charge in [-0.15, -0.1) is 5.10 Å². The highest BCUT2D eigenvalue weighted by Crippen LogP contribution is 2.23. The highest BCUT2D eigenvalue weighted by Gasteiger charge is 2.36. The quantitative estimate of drug-likeness (QED) is 0.843. The smallest absolute Gasteiger partial charge is 0.137 e. The highest BCUT2D eigenvalue weighted by molar-refractivity contribution is 5.42. The van der Waals surface area contributed by atoms with E-state index in [9.17, 15) is 5.11 Å². The molecule has 0 saturated carbocycles. The summed E-state index contributed by atoms with van der Waals surface area (Å²) in [6.07, 6.45) is 4.06. The molecule has 3 rings (SSSR count). The molecule has 120 valence electrons. The van der Waals surface area contributed by atoms with Gasteiger partial charge in [0, 0.05) is 25.8 Å². The van der Waals surface area contributed by atoms with Crippen LogP contribution in [-0.4, -0.2) is 56.8 Å². The molecule has 1 aromatic heterocycles. The number of aliphatic hydroxyl groups is 1. The van der Waals surface area contributed by atoms with Crippen LogP contribution in [-0.2, 0) is 6.54 Å². The topological polar surface area (TPSA) is 87.2 Å². The van der Waals surface area contributed by atoms with E-state index in [0.29, 0.717) is 44.0 Å². The van der Waals surface area contributed by atoms with E-state index in [4.69, 9.17) is 10.00 Å². The fourth-order valence-corrected chi connectivity index (χ4v) is 2.85. The van der Waals surface area contributed by atoms with Gasteiger partial charge in [0.05, 0.1) is 23.9 Å². The predicted molar refractivity (Wildman–Crippen MR) is 82.7 cm³/mol. The Labute approximate surface area is 134 Å². The molecule has 0 radical (unpaired) electrons. The van der Waals surface area contributed by atoms with Crippen LogP contribution in [0.4, 0.5) is 0 Å². The minimum absolute atomic E-state index is 0.446. The number of rotatable bonds is 6. The summed E-state index contributed by atoms with van der Waals surface area (Å²) >= 11 is 0. The SMILES string of the molecule is N#Cc1ccccc1OCCN1CCC(O)(Cn2ccnn2)C1. The van der Waals surface area contributed by atoms with Crippen LogP contribution in [0.15, 0.2) is 36.7 Å². The maximum absolute atomic E-state index is 10.6. The Kier molecular flexibility index (Phi) is 4.55. The van der Waals surface area contributed by atoms with Crippen molar-refractivity contribution >= 4 is 0 Å². The summed E-state index contributed by atoms with van der Waals surface area (Å²) in [7, 11) is 0. The van der Waals surface area contributed by atoms with Gasteiger partial charge in [0.15, 0.2) is 0 Å². The summed E-state index contributed by atoms with van der Waals surface area (Å²) in [6, 6.07) is 9.32. The highest BCUT2D eigenvalue weighted by atomic mass is 16.5. The third-order valence-electron chi connectivity index (χ3n) is 4.01. The molecule has 1 aliphatic heterocycles. The predicted octanol–water partition coefficient (Wildman–Crippen LogP) is 0.666. The monoisotopic (exact) mass is 313 g/mol. The lowest BCUT2D eigenvalue weighted by Gasteiger charge is -2.23.